The maximum absolute atomic E-state index is 12.9. The Morgan fingerprint density at radius 1 is 1.19 bits per heavy atom. The molecule has 0 saturated carbocycles. The van der Waals surface area contributed by atoms with Crippen molar-refractivity contribution in [2.24, 2.45) is 0 Å². The van der Waals surface area contributed by atoms with E-state index in [1.807, 2.05) is 18.2 Å². The van der Waals surface area contributed by atoms with Crippen LogP contribution in [0.2, 0.25) is 0 Å². The number of aliphatic carboxylic acids is 1. The van der Waals surface area contributed by atoms with Gasteiger partial charge < -0.3 is 15.2 Å². The topological polar surface area (TPSA) is 75.6 Å². The molecule has 0 heterocycles. The van der Waals surface area contributed by atoms with Crippen molar-refractivity contribution in [2.45, 2.75) is 37.6 Å². The number of amides is 1. The van der Waals surface area contributed by atoms with Gasteiger partial charge in [0.05, 0.1) is 25.5 Å². The lowest BCUT2D eigenvalue weighted by molar-refractivity contribution is -0.137. The van der Waals surface area contributed by atoms with E-state index in [2.05, 4.69) is 11.4 Å². The number of methoxy groups -OCH3 is 1. The zero-order valence-corrected chi connectivity index (χ0v) is 14.8. The first-order valence-electron chi connectivity index (χ1n) is 8.82. The standard InChI is InChI=1S/C21H23NO4/c1-26-16-11-9-15(10-12-16)19(13-20(23)24)22-21(25)18-8-4-6-14-5-2-3-7-17(14)18/h2-3,5,7,9-12,18-19H,4,6,8,13H2,1H3,(H,22,25)(H,23,24). The molecule has 5 heteroatoms. The van der Waals surface area contributed by atoms with Gasteiger partial charge in [-0.25, -0.2) is 0 Å². The summed E-state index contributed by atoms with van der Waals surface area (Å²) in [5, 5.41) is 12.2. The number of hydrogen-bond acceptors (Lipinski definition) is 3. The molecule has 1 amide bonds. The van der Waals surface area contributed by atoms with Crippen LogP contribution in [0.1, 0.15) is 47.9 Å². The Balaban J connectivity index is 1.80. The Morgan fingerprint density at radius 3 is 2.62 bits per heavy atom. The van der Waals surface area contributed by atoms with Gasteiger partial charge in [0.25, 0.3) is 0 Å². The van der Waals surface area contributed by atoms with Crippen LogP contribution in [0.25, 0.3) is 0 Å². The average Bonchev–Trinajstić information content (AvgIpc) is 2.66. The molecular weight excluding hydrogens is 330 g/mol. The summed E-state index contributed by atoms with van der Waals surface area (Å²) in [6.07, 6.45) is 2.57. The number of aryl methyl sites for hydroxylation is 1. The Bertz CT molecular complexity index is 785. The van der Waals surface area contributed by atoms with Crippen molar-refractivity contribution in [3.63, 3.8) is 0 Å². The van der Waals surface area contributed by atoms with Gasteiger partial charge in [-0.15, -0.1) is 0 Å². The minimum atomic E-state index is -0.949. The van der Waals surface area contributed by atoms with Crippen molar-refractivity contribution >= 4 is 11.9 Å². The summed E-state index contributed by atoms with van der Waals surface area (Å²) in [4.78, 5) is 24.2. The molecule has 0 saturated heterocycles. The van der Waals surface area contributed by atoms with Crippen molar-refractivity contribution in [3.05, 3.63) is 65.2 Å². The minimum absolute atomic E-state index is 0.112. The number of rotatable bonds is 6. The molecule has 2 N–H and O–H groups in total. The number of carbonyl (C=O) groups is 2. The molecule has 3 rings (SSSR count). The summed E-state index contributed by atoms with van der Waals surface area (Å²) >= 11 is 0. The van der Waals surface area contributed by atoms with E-state index >= 15 is 0 Å². The lowest BCUT2D eigenvalue weighted by Crippen LogP contribution is -2.35. The average molecular weight is 353 g/mol. The minimum Gasteiger partial charge on any atom is -0.497 e. The van der Waals surface area contributed by atoms with E-state index in [4.69, 9.17) is 4.74 Å². The molecule has 5 nitrogen and oxygen atoms in total. The molecule has 0 aliphatic heterocycles. The zero-order chi connectivity index (χ0) is 18.5. The summed E-state index contributed by atoms with van der Waals surface area (Å²) in [5.74, 6) is -0.598. The summed E-state index contributed by atoms with van der Waals surface area (Å²) in [6, 6.07) is 14.6. The van der Waals surface area contributed by atoms with E-state index in [-0.39, 0.29) is 18.2 Å². The number of benzene rings is 2. The molecular formula is C21H23NO4. The van der Waals surface area contributed by atoms with Gasteiger partial charge in [0.1, 0.15) is 5.75 Å². The third-order valence-corrected chi connectivity index (χ3v) is 4.90. The van der Waals surface area contributed by atoms with E-state index < -0.39 is 12.0 Å². The summed E-state index contributed by atoms with van der Waals surface area (Å²) < 4.78 is 5.14. The van der Waals surface area contributed by atoms with Crippen LogP contribution < -0.4 is 10.1 Å². The fraction of sp³-hybridized carbons (Fsp3) is 0.333. The number of carboxylic acids is 1. The third kappa shape index (κ3) is 4.04. The molecule has 2 aromatic carbocycles. The van der Waals surface area contributed by atoms with E-state index in [1.165, 1.54) is 5.56 Å². The Morgan fingerprint density at radius 2 is 1.92 bits per heavy atom. The Kier molecular flexibility index (Phi) is 5.56. The lowest BCUT2D eigenvalue weighted by Gasteiger charge is -2.27. The molecule has 2 unspecified atom stereocenters. The molecule has 26 heavy (non-hydrogen) atoms. The van der Waals surface area contributed by atoms with Crippen molar-refractivity contribution < 1.29 is 19.4 Å². The maximum atomic E-state index is 12.9. The van der Waals surface area contributed by atoms with Crippen LogP contribution in [0.15, 0.2) is 48.5 Å². The number of hydrogen-bond donors (Lipinski definition) is 2. The molecule has 136 valence electrons. The van der Waals surface area contributed by atoms with Gasteiger partial charge >= 0.3 is 5.97 Å². The van der Waals surface area contributed by atoms with Gasteiger partial charge in [-0.3, -0.25) is 9.59 Å². The van der Waals surface area contributed by atoms with Gasteiger partial charge in [0.15, 0.2) is 0 Å². The van der Waals surface area contributed by atoms with Crippen LogP contribution >= 0.6 is 0 Å². The van der Waals surface area contributed by atoms with Gasteiger partial charge in [-0.1, -0.05) is 36.4 Å². The predicted octanol–water partition coefficient (Wildman–Crippen LogP) is 3.45. The van der Waals surface area contributed by atoms with Crippen molar-refractivity contribution in [2.75, 3.05) is 7.11 Å². The van der Waals surface area contributed by atoms with Crippen LogP contribution in [0.4, 0.5) is 0 Å². The first-order valence-corrected chi connectivity index (χ1v) is 8.82. The first kappa shape index (κ1) is 18.0. The molecule has 2 atom stereocenters. The highest BCUT2D eigenvalue weighted by Crippen LogP contribution is 2.32. The van der Waals surface area contributed by atoms with Gasteiger partial charge in [-0.05, 0) is 48.1 Å². The molecule has 0 spiro atoms. The zero-order valence-electron chi connectivity index (χ0n) is 14.8. The number of carboxylic acid groups (broad SMARTS) is 1. The summed E-state index contributed by atoms with van der Waals surface area (Å²) in [7, 11) is 1.58. The van der Waals surface area contributed by atoms with Crippen molar-refractivity contribution in [1.82, 2.24) is 5.32 Å². The molecule has 1 aliphatic rings. The smallest absolute Gasteiger partial charge is 0.305 e. The van der Waals surface area contributed by atoms with Crippen LogP contribution in [0.5, 0.6) is 5.75 Å². The molecule has 0 radical (unpaired) electrons. The fourth-order valence-corrected chi connectivity index (χ4v) is 3.56. The largest absolute Gasteiger partial charge is 0.497 e. The van der Waals surface area contributed by atoms with E-state index in [0.29, 0.717) is 5.75 Å². The number of carbonyl (C=O) groups excluding carboxylic acids is 1. The van der Waals surface area contributed by atoms with Crippen molar-refractivity contribution in [3.8, 4) is 5.75 Å². The van der Waals surface area contributed by atoms with E-state index in [0.717, 1.165) is 30.4 Å². The second kappa shape index (κ2) is 8.04. The third-order valence-electron chi connectivity index (χ3n) is 4.90. The number of nitrogens with one attached hydrogen (secondary N) is 1. The Hall–Kier alpha value is -2.82. The van der Waals surface area contributed by atoms with Gasteiger partial charge in [0, 0.05) is 0 Å². The highest BCUT2D eigenvalue weighted by Gasteiger charge is 2.28. The number of fused-ring (bicyclic) bond motifs is 1. The van der Waals surface area contributed by atoms with E-state index in [9.17, 15) is 14.7 Å². The highest BCUT2D eigenvalue weighted by molar-refractivity contribution is 5.85. The first-order chi connectivity index (χ1) is 12.6. The molecule has 0 aromatic heterocycles. The second-order valence-corrected chi connectivity index (χ2v) is 6.58. The summed E-state index contributed by atoms with van der Waals surface area (Å²) in [5.41, 5.74) is 3.02. The number of ether oxygens (including phenoxy) is 1. The van der Waals surface area contributed by atoms with Crippen LogP contribution in [-0.4, -0.2) is 24.1 Å². The van der Waals surface area contributed by atoms with Crippen LogP contribution in [-0.2, 0) is 16.0 Å². The fourth-order valence-electron chi connectivity index (χ4n) is 3.56. The molecule has 2 aromatic rings. The maximum Gasteiger partial charge on any atom is 0.305 e. The summed E-state index contributed by atoms with van der Waals surface area (Å²) in [6.45, 7) is 0. The highest BCUT2D eigenvalue weighted by atomic mass is 16.5. The normalized spacial score (nSPS) is 17.0. The van der Waals surface area contributed by atoms with Crippen molar-refractivity contribution in [1.29, 1.82) is 0 Å². The molecule has 0 bridgehead atoms. The van der Waals surface area contributed by atoms with Gasteiger partial charge in [0.2, 0.25) is 5.91 Å². The molecule has 1 aliphatic carbocycles. The SMILES string of the molecule is COc1ccc(C(CC(=O)O)NC(=O)C2CCCc3ccccc32)cc1. The van der Waals surface area contributed by atoms with Crippen LogP contribution in [0, 0.1) is 0 Å². The Labute approximate surface area is 153 Å². The van der Waals surface area contributed by atoms with E-state index in [1.54, 1.807) is 31.4 Å². The van der Waals surface area contributed by atoms with Gasteiger partial charge in [-0.2, -0.15) is 0 Å². The lowest BCUT2D eigenvalue weighted by atomic mass is 9.82. The monoisotopic (exact) mass is 353 g/mol. The molecule has 0 fully saturated rings. The van der Waals surface area contributed by atoms with Crippen LogP contribution in [0.3, 0.4) is 0 Å². The second-order valence-electron chi connectivity index (χ2n) is 6.58. The quantitative estimate of drug-likeness (QED) is 0.834. The predicted molar refractivity (Wildman–Crippen MR) is 98.3 cm³/mol.